The van der Waals surface area contributed by atoms with Gasteiger partial charge in [-0.1, -0.05) is 13.8 Å². The molecule has 3 atom stereocenters. The molecule has 0 amide bonds. The van der Waals surface area contributed by atoms with Gasteiger partial charge in [0, 0.05) is 11.1 Å². The molecule has 0 saturated carbocycles. The van der Waals surface area contributed by atoms with Crippen LogP contribution >= 0.6 is 0 Å². The van der Waals surface area contributed by atoms with Crippen LogP contribution in [0.1, 0.15) is 53.9 Å². The van der Waals surface area contributed by atoms with Crippen LogP contribution in [0.15, 0.2) is 0 Å². The number of nitrogens with two attached hydrogens (primary N) is 2. The van der Waals surface area contributed by atoms with E-state index in [-0.39, 0.29) is 0 Å². The number of hydrogen-bond donors (Lipinski definition) is 3. The van der Waals surface area contributed by atoms with Crippen LogP contribution in [0.4, 0.5) is 0 Å². The second-order valence-electron chi connectivity index (χ2n) is 5.59. The van der Waals surface area contributed by atoms with Crippen LogP contribution in [-0.2, 0) is 4.79 Å². The zero-order chi connectivity index (χ0) is 13.2. The number of hydrogen-bond acceptors (Lipinski definition) is 3. The zero-order valence-corrected chi connectivity index (χ0v) is 11.1. The summed E-state index contributed by atoms with van der Waals surface area (Å²) in [4.78, 5) is 11.5. The van der Waals surface area contributed by atoms with Gasteiger partial charge in [-0.2, -0.15) is 0 Å². The van der Waals surface area contributed by atoms with Crippen LogP contribution in [0.5, 0.6) is 0 Å². The molecule has 3 unspecified atom stereocenters. The summed E-state index contributed by atoms with van der Waals surface area (Å²) in [6, 6.07) is 0. The normalized spacial score (nSPS) is 22.9. The van der Waals surface area contributed by atoms with Gasteiger partial charge in [-0.05, 0) is 40.0 Å². The van der Waals surface area contributed by atoms with Crippen LogP contribution in [0.25, 0.3) is 0 Å². The molecule has 0 aromatic rings. The third kappa shape index (κ3) is 2.95. The Hall–Kier alpha value is -0.610. The fourth-order valence-corrected chi connectivity index (χ4v) is 1.84. The minimum absolute atomic E-state index is 0.382. The molecule has 0 aliphatic heterocycles. The van der Waals surface area contributed by atoms with E-state index in [1.165, 1.54) is 0 Å². The molecule has 0 fully saturated rings. The first kappa shape index (κ1) is 15.4. The van der Waals surface area contributed by atoms with Crippen molar-refractivity contribution in [2.45, 2.75) is 65.0 Å². The molecule has 4 nitrogen and oxygen atoms in total. The van der Waals surface area contributed by atoms with Gasteiger partial charge in [0.1, 0.15) is 0 Å². The van der Waals surface area contributed by atoms with Crippen molar-refractivity contribution in [2.75, 3.05) is 0 Å². The smallest absolute Gasteiger partial charge is 0.311 e. The Morgan fingerprint density at radius 1 is 1.12 bits per heavy atom. The lowest BCUT2D eigenvalue weighted by atomic mass is 9.64. The molecule has 4 heteroatoms. The predicted molar refractivity (Wildman–Crippen MR) is 66.1 cm³/mol. The summed E-state index contributed by atoms with van der Waals surface area (Å²) in [6.07, 6.45) is 1.72. The lowest BCUT2D eigenvalue weighted by Crippen LogP contribution is -2.59. The van der Waals surface area contributed by atoms with E-state index in [0.717, 1.165) is 6.42 Å². The van der Waals surface area contributed by atoms with Gasteiger partial charge < -0.3 is 16.6 Å². The molecule has 0 aliphatic carbocycles. The summed E-state index contributed by atoms with van der Waals surface area (Å²) < 4.78 is 0. The summed E-state index contributed by atoms with van der Waals surface area (Å²) in [6.45, 7) is 9.22. The van der Waals surface area contributed by atoms with Crippen LogP contribution in [0, 0.1) is 5.41 Å². The van der Waals surface area contributed by atoms with Gasteiger partial charge in [-0.25, -0.2) is 0 Å². The molecule has 0 bridgehead atoms. The van der Waals surface area contributed by atoms with Crippen LogP contribution in [-0.4, -0.2) is 22.2 Å². The summed E-state index contributed by atoms with van der Waals surface area (Å²) >= 11 is 0. The second-order valence-corrected chi connectivity index (χ2v) is 5.59. The molecule has 96 valence electrons. The number of carboxylic acids is 1. The summed E-state index contributed by atoms with van der Waals surface area (Å²) in [5, 5.41) is 9.42. The predicted octanol–water partition coefficient (Wildman–Crippen LogP) is 1.72. The summed E-state index contributed by atoms with van der Waals surface area (Å²) in [5.74, 6) is -0.871. The second kappa shape index (κ2) is 4.72. The fourth-order valence-electron chi connectivity index (χ4n) is 1.84. The van der Waals surface area contributed by atoms with Crippen molar-refractivity contribution >= 4 is 5.97 Å². The highest BCUT2D eigenvalue weighted by Crippen LogP contribution is 2.39. The van der Waals surface area contributed by atoms with Crippen molar-refractivity contribution in [3.05, 3.63) is 0 Å². The molecule has 0 rings (SSSR count). The van der Waals surface area contributed by atoms with Gasteiger partial charge in [0.15, 0.2) is 0 Å². The molecule has 0 aromatic carbocycles. The van der Waals surface area contributed by atoms with E-state index >= 15 is 0 Å². The lowest BCUT2D eigenvalue weighted by Gasteiger charge is -2.44. The van der Waals surface area contributed by atoms with Crippen molar-refractivity contribution in [1.29, 1.82) is 0 Å². The Morgan fingerprint density at radius 3 is 1.81 bits per heavy atom. The van der Waals surface area contributed by atoms with E-state index < -0.39 is 22.5 Å². The Bertz CT molecular complexity index is 262. The lowest BCUT2D eigenvalue weighted by molar-refractivity contribution is -0.153. The topological polar surface area (TPSA) is 89.3 Å². The molecule has 0 spiro atoms. The average Bonchev–Trinajstić information content (AvgIpc) is 2.16. The Kier molecular flexibility index (Phi) is 4.54. The standard InChI is InChI=1S/C12H26N2O2/c1-6-10(3,13)8-11(4,9(15)16)12(5,14)7-2/h6-8,13-14H2,1-5H3,(H,15,16). The zero-order valence-electron chi connectivity index (χ0n) is 11.1. The molecule has 0 heterocycles. The number of carboxylic acid groups (broad SMARTS) is 1. The minimum atomic E-state index is -0.999. The molecule has 16 heavy (non-hydrogen) atoms. The monoisotopic (exact) mass is 230 g/mol. The Morgan fingerprint density at radius 2 is 1.56 bits per heavy atom. The third-order valence-electron chi connectivity index (χ3n) is 4.03. The highest BCUT2D eigenvalue weighted by Gasteiger charge is 2.49. The molecule has 0 aliphatic rings. The van der Waals surface area contributed by atoms with Gasteiger partial charge in [0.2, 0.25) is 0 Å². The van der Waals surface area contributed by atoms with Gasteiger partial charge in [-0.3, -0.25) is 4.79 Å². The van der Waals surface area contributed by atoms with Crippen molar-refractivity contribution in [2.24, 2.45) is 16.9 Å². The van der Waals surface area contributed by atoms with Crippen LogP contribution < -0.4 is 11.5 Å². The van der Waals surface area contributed by atoms with Crippen molar-refractivity contribution in [1.82, 2.24) is 0 Å². The maximum Gasteiger partial charge on any atom is 0.311 e. The maximum atomic E-state index is 11.5. The van der Waals surface area contributed by atoms with Crippen LogP contribution in [0.2, 0.25) is 0 Å². The molecule has 0 saturated heterocycles. The van der Waals surface area contributed by atoms with E-state index in [1.54, 1.807) is 13.8 Å². The average molecular weight is 230 g/mol. The summed E-state index contributed by atoms with van der Waals surface area (Å²) in [7, 11) is 0. The number of rotatable bonds is 6. The molecule has 5 N–H and O–H groups in total. The largest absolute Gasteiger partial charge is 0.481 e. The van der Waals surface area contributed by atoms with Gasteiger partial charge >= 0.3 is 5.97 Å². The van der Waals surface area contributed by atoms with E-state index in [1.807, 2.05) is 20.8 Å². The third-order valence-corrected chi connectivity index (χ3v) is 4.03. The molecule has 0 aromatic heterocycles. The molecular formula is C12H26N2O2. The van der Waals surface area contributed by atoms with E-state index in [9.17, 15) is 9.90 Å². The number of carbonyl (C=O) groups is 1. The van der Waals surface area contributed by atoms with Gasteiger partial charge in [-0.15, -0.1) is 0 Å². The first-order chi connectivity index (χ1) is 7.02. The fraction of sp³-hybridized carbons (Fsp3) is 0.917. The van der Waals surface area contributed by atoms with Gasteiger partial charge in [0.05, 0.1) is 5.41 Å². The first-order valence-corrected chi connectivity index (χ1v) is 5.83. The van der Waals surface area contributed by atoms with Crippen molar-refractivity contribution < 1.29 is 9.90 Å². The molecular weight excluding hydrogens is 204 g/mol. The SMILES string of the molecule is CCC(C)(N)CC(C)(C(=O)O)C(C)(N)CC. The first-order valence-electron chi connectivity index (χ1n) is 5.83. The highest BCUT2D eigenvalue weighted by atomic mass is 16.4. The number of aliphatic carboxylic acids is 1. The Labute approximate surface area is 98.4 Å². The van der Waals surface area contributed by atoms with E-state index in [2.05, 4.69) is 0 Å². The van der Waals surface area contributed by atoms with E-state index in [0.29, 0.717) is 12.8 Å². The Balaban J connectivity index is 5.23. The van der Waals surface area contributed by atoms with Crippen molar-refractivity contribution in [3.63, 3.8) is 0 Å². The minimum Gasteiger partial charge on any atom is -0.481 e. The highest BCUT2D eigenvalue weighted by molar-refractivity contribution is 5.76. The van der Waals surface area contributed by atoms with Crippen molar-refractivity contribution in [3.8, 4) is 0 Å². The maximum absolute atomic E-state index is 11.5. The van der Waals surface area contributed by atoms with Gasteiger partial charge in [0.25, 0.3) is 0 Å². The quantitative estimate of drug-likeness (QED) is 0.648. The van der Waals surface area contributed by atoms with E-state index in [4.69, 9.17) is 11.5 Å². The summed E-state index contributed by atoms with van der Waals surface area (Å²) in [5.41, 5.74) is 9.94. The molecule has 0 radical (unpaired) electrons. The van der Waals surface area contributed by atoms with Crippen LogP contribution in [0.3, 0.4) is 0 Å².